The zero-order valence-electron chi connectivity index (χ0n) is 15.6. The lowest BCUT2D eigenvalue weighted by molar-refractivity contribution is -0.140. The lowest BCUT2D eigenvalue weighted by atomic mass is 10.1. The summed E-state index contributed by atoms with van der Waals surface area (Å²) < 4.78 is 28.0. The maximum atomic E-state index is 13.1. The fourth-order valence-corrected chi connectivity index (χ4v) is 7.41. The van der Waals surface area contributed by atoms with Crippen LogP contribution in [0.3, 0.4) is 0 Å². The predicted octanol–water partition coefficient (Wildman–Crippen LogP) is 4.32. The highest BCUT2D eigenvalue weighted by molar-refractivity contribution is 8.18. The van der Waals surface area contributed by atoms with Crippen molar-refractivity contribution in [1.82, 2.24) is 4.72 Å². The Balaban J connectivity index is 1.54. The number of carboxylic acid groups (broad SMARTS) is 1. The molecule has 5 nitrogen and oxygen atoms in total. The number of carbonyl (C=O) groups is 1. The normalized spacial score (nSPS) is 28.8. The molecule has 0 aromatic heterocycles. The highest BCUT2D eigenvalue weighted by Gasteiger charge is 2.70. The van der Waals surface area contributed by atoms with E-state index in [1.807, 2.05) is 48.5 Å². The molecule has 4 rings (SSSR count). The van der Waals surface area contributed by atoms with Crippen LogP contribution in [0.5, 0.6) is 0 Å². The minimum Gasteiger partial charge on any atom is -0.480 e. The monoisotopic (exact) mass is 449 g/mol. The third-order valence-electron chi connectivity index (χ3n) is 5.65. The molecule has 0 amide bonds. The molecule has 8 heteroatoms. The van der Waals surface area contributed by atoms with E-state index in [0.29, 0.717) is 11.4 Å². The van der Waals surface area contributed by atoms with E-state index in [4.69, 9.17) is 11.6 Å². The molecule has 2 aromatic rings. The summed E-state index contributed by atoms with van der Waals surface area (Å²) in [6, 6.07) is 16.4. The smallest absolute Gasteiger partial charge is 0.325 e. The molecule has 1 aliphatic carbocycles. The van der Waals surface area contributed by atoms with E-state index >= 15 is 0 Å². The first-order valence-electron chi connectivity index (χ1n) is 9.19. The molecule has 4 atom stereocenters. The number of thioether (sulfide) groups is 1. The summed E-state index contributed by atoms with van der Waals surface area (Å²) in [6.07, 6.45) is 2.19. The molecule has 0 bridgehead atoms. The molecule has 0 spiro atoms. The highest BCUT2D eigenvalue weighted by Crippen LogP contribution is 2.58. The average molecular weight is 450 g/mol. The van der Waals surface area contributed by atoms with E-state index in [9.17, 15) is 18.3 Å². The SMILES string of the molecule is CC1C(c2ccccc2)C1(NS(=O)(=O)C1CC=C(c2ccc(Cl)cc2)S1)C(=O)O. The van der Waals surface area contributed by atoms with Crippen LogP contribution in [0, 0.1) is 5.92 Å². The van der Waals surface area contributed by atoms with E-state index in [-0.39, 0.29) is 5.92 Å². The Morgan fingerprint density at radius 3 is 2.45 bits per heavy atom. The summed E-state index contributed by atoms with van der Waals surface area (Å²) in [5.41, 5.74) is 0.209. The van der Waals surface area contributed by atoms with Gasteiger partial charge >= 0.3 is 5.97 Å². The number of nitrogens with one attached hydrogen (secondary N) is 1. The molecule has 1 aliphatic heterocycles. The lowest BCUT2D eigenvalue weighted by Crippen LogP contribution is -2.48. The van der Waals surface area contributed by atoms with Gasteiger partial charge in [0, 0.05) is 15.8 Å². The number of sulfonamides is 1. The van der Waals surface area contributed by atoms with Crippen LogP contribution in [0.2, 0.25) is 5.02 Å². The number of aliphatic carboxylic acids is 1. The summed E-state index contributed by atoms with van der Waals surface area (Å²) in [5, 5.41) is 10.5. The fraction of sp³-hybridized carbons (Fsp3) is 0.286. The third-order valence-corrected chi connectivity index (χ3v) is 9.57. The Morgan fingerprint density at radius 2 is 1.83 bits per heavy atom. The minimum absolute atomic E-state index is 0.318. The second-order valence-corrected chi connectivity index (χ2v) is 11.2. The molecule has 1 heterocycles. The van der Waals surface area contributed by atoms with Gasteiger partial charge in [-0.05, 0) is 35.6 Å². The van der Waals surface area contributed by atoms with Gasteiger partial charge in [-0.1, -0.05) is 67.1 Å². The third kappa shape index (κ3) is 3.61. The van der Waals surface area contributed by atoms with E-state index in [1.165, 1.54) is 11.8 Å². The molecule has 29 heavy (non-hydrogen) atoms. The summed E-state index contributed by atoms with van der Waals surface area (Å²) in [6.45, 7) is 1.77. The van der Waals surface area contributed by atoms with Gasteiger partial charge in [0.15, 0.2) is 0 Å². The number of carboxylic acids is 1. The number of allylic oxidation sites excluding steroid dienone is 1. The molecule has 152 valence electrons. The quantitative estimate of drug-likeness (QED) is 0.686. The van der Waals surface area contributed by atoms with Gasteiger partial charge < -0.3 is 5.11 Å². The highest BCUT2D eigenvalue weighted by atomic mass is 35.5. The van der Waals surface area contributed by atoms with Gasteiger partial charge in [-0.15, -0.1) is 11.8 Å². The second-order valence-electron chi connectivity index (χ2n) is 7.36. The average Bonchev–Trinajstić information content (AvgIpc) is 3.05. The van der Waals surface area contributed by atoms with Gasteiger partial charge in [0.1, 0.15) is 10.1 Å². The first-order chi connectivity index (χ1) is 13.8. The Kier molecular flexibility index (Phi) is 5.27. The Morgan fingerprint density at radius 1 is 1.17 bits per heavy atom. The maximum Gasteiger partial charge on any atom is 0.325 e. The lowest BCUT2D eigenvalue weighted by Gasteiger charge is -2.19. The Hall–Kier alpha value is -1.80. The van der Waals surface area contributed by atoms with Crippen LogP contribution in [-0.4, -0.2) is 29.6 Å². The maximum absolute atomic E-state index is 13.1. The Bertz CT molecular complexity index is 1070. The number of hydrogen-bond acceptors (Lipinski definition) is 4. The first-order valence-corrected chi connectivity index (χ1v) is 12.0. The molecule has 4 unspecified atom stereocenters. The van der Waals surface area contributed by atoms with Gasteiger partial charge in [0.2, 0.25) is 10.0 Å². The molecule has 0 saturated heterocycles. The van der Waals surface area contributed by atoms with Crippen molar-refractivity contribution in [3.8, 4) is 0 Å². The van der Waals surface area contributed by atoms with E-state index < -0.39 is 32.0 Å². The zero-order valence-corrected chi connectivity index (χ0v) is 18.0. The number of rotatable bonds is 6. The second kappa shape index (κ2) is 7.47. The molecule has 0 radical (unpaired) electrons. The van der Waals surface area contributed by atoms with Crippen molar-refractivity contribution < 1.29 is 18.3 Å². The van der Waals surface area contributed by atoms with Crippen molar-refractivity contribution in [1.29, 1.82) is 0 Å². The molecular weight excluding hydrogens is 430 g/mol. The van der Waals surface area contributed by atoms with Crippen molar-refractivity contribution in [2.75, 3.05) is 0 Å². The molecule has 2 N–H and O–H groups in total. The molecule has 2 aromatic carbocycles. The van der Waals surface area contributed by atoms with Crippen LogP contribution in [0.1, 0.15) is 30.4 Å². The van der Waals surface area contributed by atoms with Gasteiger partial charge in [0.05, 0.1) is 0 Å². The van der Waals surface area contributed by atoms with Crippen molar-refractivity contribution in [3.63, 3.8) is 0 Å². The van der Waals surface area contributed by atoms with E-state index in [0.717, 1.165) is 16.0 Å². The Labute approximate surface area is 179 Å². The topological polar surface area (TPSA) is 83.5 Å². The largest absolute Gasteiger partial charge is 0.480 e. The number of benzene rings is 2. The standard InChI is InChI=1S/C21H20ClNO4S2/c1-13-19(15-5-3-2-4-6-15)21(13,20(24)25)23-29(26,27)18-12-11-17(28-18)14-7-9-16(22)10-8-14/h2-11,13,18-19,23H,12H2,1H3,(H,24,25). The fourth-order valence-electron chi connectivity index (χ4n) is 4.03. The van der Waals surface area contributed by atoms with E-state index in [2.05, 4.69) is 4.72 Å². The molecule has 1 saturated carbocycles. The van der Waals surface area contributed by atoms with Crippen molar-refractivity contribution in [2.24, 2.45) is 5.92 Å². The summed E-state index contributed by atoms with van der Waals surface area (Å²) in [4.78, 5) is 13.0. The van der Waals surface area contributed by atoms with Crippen LogP contribution in [0.25, 0.3) is 4.91 Å². The summed E-state index contributed by atoms with van der Waals surface area (Å²) >= 11 is 7.15. The van der Waals surface area contributed by atoms with Gasteiger partial charge in [0.25, 0.3) is 0 Å². The summed E-state index contributed by atoms with van der Waals surface area (Å²) in [5.74, 6) is -1.88. The van der Waals surface area contributed by atoms with Crippen molar-refractivity contribution in [2.45, 2.75) is 29.4 Å². The van der Waals surface area contributed by atoms with Crippen molar-refractivity contribution >= 4 is 44.3 Å². The van der Waals surface area contributed by atoms with Crippen LogP contribution >= 0.6 is 23.4 Å². The first kappa shape index (κ1) is 20.5. The number of hydrogen-bond donors (Lipinski definition) is 2. The van der Waals surface area contributed by atoms with Crippen LogP contribution in [0.4, 0.5) is 0 Å². The zero-order chi connectivity index (χ0) is 20.8. The van der Waals surface area contributed by atoms with E-state index in [1.54, 1.807) is 19.1 Å². The minimum atomic E-state index is -3.87. The predicted molar refractivity (Wildman–Crippen MR) is 116 cm³/mol. The van der Waals surface area contributed by atoms with Crippen LogP contribution < -0.4 is 4.72 Å². The van der Waals surface area contributed by atoms with Crippen LogP contribution in [0.15, 0.2) is 60.7 Å². The van der Waals surface area contributed by atoms with Gasteiger partial charge in [-0.3, -0.25) is 4.79 Å². The molecule has 1 fully saturated rings. The number of halogens is 1. The molecule has 2 aliphatic rings. The van der Waals surface area contributed by atoms with Crippen LogP contribution in [-0.2, 0) is 14.8 Å². The van der Waals surface area contributed by atoms with Crippen molar-refractivity contribution in [3.05, 3.63) is 76.8 Å². The molecular formula is C21H20ClNO4S2. The van der Waals surface area contributed by atoms with Gasteiger partial charge in [-0.25, -0.2) is 8.42 Å². The van der Waals surface area contributed by atoms with Gasteiger partial charge in [-0.2, -0.15) is 4.72 Å². The summed E-state index contributed by atoms with van der Waals surface area (Å²) in [7, 11) is -3.87.